The van der Waals surface area contributed by atoms with Crippen molar-refractivity contribution in [3.05, 3.63) is 0 Å². The van der Waals surface area contributed by atoms with Crippen molar-refractivity contribution in [1.82, 2.24) is 10.2 Å². The van der Waals surface area contributed by atoms with E-state index in [1.165, 1.54) is 19.3 Å². The molecule has 0 radical (unpaired) electrons. The summed E-state index contributed by atoms with van der Waals surface area (Å²) in [5.74, 6) is -0.774. The van der Waals surface area contributed by atoms with Gasteiger partial charge in [0.2, 0.25) is 0 Å². The summed E-state index contributed by atoms with van der Waals surface area (Å²) in [5, 5.41) is 12.1. The molecule has 0 bridgehead atoms. The Morgan fingerprint density at radius 1 is 1.45 bits per heavy atom. The predicted molar refractivity (Wildman–Crippen MR) is 80.0 cm³/mol. The van der Waals surface area contributed by atoms with E-state index in [0.717, 1.165) is 32.5 Å². The maximum Gasteiger partial charge on any atom is 0.323 e. The predicted octanol–water partition coefficient (Wildman–Crippen LogP) is 1.72. The zero-order valence-electron chi connectivity index (χ0n) is 13.2. The Morgan fingerprint density at radius 2 is 2.20 bits per heavy atom. The maximum absolute atomic E-state index is 11.2. The highest BCUT2D eigenvalue weighted by Crippen LogP contribution is 2.15. The molecule has 0 amide bonds. The Labute approximate surface area is 122 Å². The van der Waals surface area contributed by atoms with Crippen LogP contribution in [0.5, 0.6) is 0 Å². The third kappa shape index (κ3) is 5.77. The second-order valence-corrected chi connectivity index (χ2v) is 6.10. The van der Waals surface area contributed by atoms with Gasteiger partial charge in [-0.3, -0.25) is 4.79 Å². The number of rotatable bonds is 9. The van der Waals surface area contributed by atoms with Gasteiger partial charge in [0, 0.05) is 13.2 Å². The van der Waals surface area contributed by atoms with E-state index in [0.29, 0.717) is 12.5 Å². The van der Waals surface area contributed by atoms with Crippen LogP contribution in [0.2, 0.25) is 0 Å². The summed E-state index contributed by atoms with van der Waals surface area (Å²) in [4.78, 5) is 13.5. The van der Waals surface area contributed by atoms with Gasteiger partial charge in [-0.15, -0.1) is 0 Å². The van der Waals surface area contributed by atoms with Crippen LogP contribution in [0, 0.1) is 0 Å². The average Bonchev–Trinajstić information content (AvgIpc) is 2.44. The number of ether oxygens (including phenoxy) is 1. The molecular formula is C15H30N2O3. The molecule has 1 aliphatic heterocycles. The number of carboxylic acid groups (broad SMARTS) is 1. The van der Waals surface area contributed by atoms with Crippen molar-refractivity contribution >= 4 is 5.97 Å². The van der Waals surface area contributed by atoms with Crippen LogP contribution in [-0.4, -0.2) is 61.4 Å². The highest BCUT2D eigenvalue weighted by atomic mass is 16.5. The molecule has 1 rings (SSSR count). The highest BCUT2D eigenvalue weighted by Gasteiger charge is 2.30. The van der Waals surface area contributed by atoms with Gasteiger partial charge in [0.25, 0.3) is 0 Å². The number of nitrogens with one attached hydrogen (secondary N) is 1. The minimum Gasteiger partial charge on any atom is -0.480 e. The van der Waals surface area contributed by atoms with Gasteiger partial charge < -0.3 is 20.1 Å². The lowest BCUT2D eigenvalue weighted by Gasteiger charge is -2.28. The molecule has 0 saturated carbocycles. The molecular weight excluding hydrogens is 256 g/mol. The normalized spacial score (nSPS) is 22.7. The first kappa shape index (κ1) is 17.4. The van der Waals surface area contributed by atoms with E-state index in [2.05, 4.69) is 17.3 Å². The van der Waals surface area contributed by atoms with Crippen LogP contribution in [0.4, 0.5) is 0 Å². The van der Waals surface area contributed by atoms with Gasteiger partial charge in [0.15, 0.2) is 0 Å². The highest BCUT2D eigenvalue weighted by molar-refractivity contribution is 5.78. The zero-order chi connectivity index (χ0) is 15.0. The standard InChI is InChI=1S/C15H30N2O3/c1-15(16-2,14(18)19)9-5-6-10-17(3)12-13-8-4-7-11-20-13/h13,16H,4-12H2,1-3H3,(H,18,19). The molecule has 5 heteroatoms. The zero-order valence-corrected chi connectivity index (χ0v) is 13.2. The van der Waals surface area contributed by atoms with E-state index in [9.17, 15) is 4.79 Å². The number of hydrogen-bond acceptors (Lipinski definition) is 4. The summed E-state index contributed by atoms with van der Waals surface area (Å²) in [7, 11) is 3.83. The fourth-order valence-corrected chi connectivity index (χ4v) is 2.59. The Kier molecular flexibility index (Phi) is 7.48. The third-order valence-electron chi connectivity index (χ3n) is 4.28. The fourth-order valence-electron chi connectivity index (χ4n) is 2.59. The molecule has 0 aromatic carbocycles. The van der Waals surface area contributed by atoms with E-state index >= 15 is 0 Å². The summed E-state index contributed by atoms with van der Waals surface area (Å²) >= 11 is 0. The molecule has 0 aromatic heterocycles. The Morgan fingerprint density at radius 3 is 2.75 bits per heavy atom. The largest absolute Gasteiger partial charge is 0.480 e. The SMILES string of the molecule is CNC(C)(CCCCN(C)CC1CCCCO1)C(=O)O. The van der Waals surface area contributed by atoms with Crippen molar-refractivity contribution in [3.8, 4) is 0 Å². The monoisotopic (exact) mass is 286 g/mol. The van der Waals surface area contributed by atoms with E-state index in [-0.39, 0.29) is 0 Å². The Bertz CT molecular complexity index is 293. The van der Waals surface area contributed by atoms with Gasteiger partial charge in [-0.25, -0.2) is 0 Å². The molecule has 2 N–H and O–H groups in total. The Hall–Kier alpha value is -0.650. The lowest BCUT2D eigenvalue weighted by atomic mass is 9.95. The van der Waals surface area contributed by atoms with Crippen molar-refractivity contribution in [2.24, 2.45) is 0 Å². The molecule has 0 aliphatic carbocycles. The number of unbranched alkanes of at least 4 members (excludes halogenated alkanes) is 1. The van der Waals surface area contributed by atoms with Gasteiger partial charge in [0.1, 0.15) is 5.54 Å². The van der Waals surface area contributed by atoms with Gasteiger partial charge in [-0.05, 0) is 66.1 Å². The second-order valence-electron chi connectivity index (χ2n) is 6.10. The first-order valence-corrected chi connectivity index (χ1v) is 7.70. The van der Waals surface area contributed by atoms with Crippen LogP contribution in [-0.2, 0) is 9.53 Å². The Balaban J connectivity index is 2.15. The van der Waals surface area contributed by atoms with E-state index < -0.39 is 11.5 Å². The van der Waals surface area contributed by atoms with Gasteiger partial charge in [-0.1, -0.05) is 0 Å². The minimum absolute atomic E-state index is 0.385. The maximum atomic E-state index is 11.2. The number of carbonyl (C=O) groups is 1. The first-order chi connectivity index (χ1) is 9.48. The van der Waals surface area contributed by atoms with E-state index in [1.807, 2.05) is 0 Å². The van der Waals surface area contributed by atoms with Gasteiger partial charge in [0.05, 0.1) is 6.10 Å². The molecule has 0 spiro atoms. The smallest absolute Gasteiger partial charge is 0.323 e. The van der Waals surface area contributed by atoms with Crippen LogP contribution in [0.1, 0.15) is 45.4 Å². The van der Waals surface area contributed by atoms with Crippen LogP contribution >= 0.6 is 0 Å². The van der Waals surface area contributed by atoms with Crippen molar-refractivity contribution in [2.45, 2.75) is 57.1 Å². The van der Waals surface area contributed by atoms with Crippen LogP contribution in [0.3, 0.4) is 0 Å². The molecule has 1 heterocycles. The first-order valence-electron chi connectivity index (χ1n) is 7.70. The fraction of sp³-hybridized carbons (Fsp3) is 0.933. The molecule has 5 nitrogen and oxygen atoms in total. The molecule has 118 valence electrons. The molecule has 2 unspecified atom stereocenters. The van der Waals surface area contributed by atoms with E-state index in [4.69, 9.17) is 9.84 Å². The topological polar surface area (TPSA) is 61.8 Å². The molecule has 0 aromatic rings. The quantitative estimate of drug-likeness (QED) is 0.632. The molecule has 1 saturated heterocycles. The summed E-state index contributed by atoms with van der Waals surface area (Å²) in [5.41, 5.74) is -0.801. The summed E-state index contributed by atoms with van der Waals surface area (Å²) in [6.07, 6.45) is 6.62. The number of aliphatic carboxylic acids is 1. The van der Waals surface area contributed by atoms with Crippen molar-refractivity contribution in [3.63, 3.8) is 0 Å². The van der Waals surface area contributed by atoms with Crippen molar-refractivity contribution in [2.75, 3.05) is 33.8 Å². The van der Waals surface area contributed by atoms with Crippen molar-refractivity contribution < 1.29 is 14.6 Å². The molecule has 2 atom stereocenters. The van der Waals surface area contributed by atoms with E-state index in [1.54, 1.807) is 14.0 Å². The van der Waals surface area contributed by atoms with Gasteiger partial charge >= 0.3 is 5.97 Å². The van der Waals surface area contributed by atoms with Crippen LogP contribution < -0.4 is 5.32 Å². The van der Waals surface area contributed by atoms with Crippen LogP contribution in [0.25, 0.3) is 0 Å². The average molecular weight is 286 g/mol. The third-order valence-corrected chi connectivity index (χ3v) is 4.28. The number of likely N-dealkylation sites (N-methyl/N-ethyl adjacent to an activating group) is 2. The summed E-state index contributed by atoms with van der Waals surface area (Å²) in [6.45, 7) is 4.63. The number of hydrogen-bond donors (Lipinski definition) is 2. The summed E-state index contributed by atoms with van der Waals surface area (Å²) < 4.78 is 5.73. The lowest BCUT2D eigenvalue weighted by Crippen LogP contribution is -2.47. The minimum atomic E-state index is -0.801. The number of carboxylic acids is 1. The van der Waals surface area contributed by atoms with Crippen LogP contribution in [0.15, 0.2) is 0 Å². The number of nitrogens with zero attached hydrogens (tertiary/aromatic N) is 1. The molecule has 20 heavy (non-hydrogen) atoms. The van der Waals surface area contributed by atoms with Crippen molar-refractivity contribution in [1.29, 1.82) is 0 Å². The second kappa shape index (κ2) is 8.60. The lowest BCUT2D eigenvalue weighted by molar-refractivity contribution is -0.144. The molecule has 1 aliphatic rings. The summed E-state index contributed by atoms with van der Waals surface area (Å²) in [6, 6.07) is 0. The van der Waals surface area contributed by atoms with Gasteiger partial charge in [-0.2, -0.15) is 0 Å². The molecule has 1 fully saturated rings.